The first-order chi connectivity index (χ1) is 19.3. The molecular formula is C32H37N5O3. The number of nitrogens with zero attached hydrogens (tertiary/aromatic N) is 4. The summed E-state index contributed by atoms with van der Waals surface area (Å²) >= 11 is 0. The Labute approximate surface area is 234 Å². The van der Waals surface area contributed by atoms with Crippen molar-refractivity contribution in [2.45, 2.75) is 58.3 Å². The highest BCUT2D eigenvalue weighted by molar-refractivity contribution is 5.87. The molecule has 208 valence electrons. The first-order valence-corrected chi connectivity index (χ1v) is 13.9. The van der Waals surface area contributed by atoms with Crippen molar-refractivity contribution in [3.8, 4) is 17.3 Å². The van der Waals surface area contributed by atoms with E-state index in [-0.39, 0.29) is 11.5 Å². The van der Waals surface area contributed by atoms with Crippen LogP contribution in [0.3, 0.4) is 0 Å². The van der Waals surface area contributed by atoms with Crippen LogP contribution in [0.1, 0.15) is 78.1 Å². The van der Waals surface area contributed by atoms with Gasteiger partial charge in [-0.05, 0) is 74.0 Å². The van der Waals surface area contributed by atoms with Gasteiger partial charge in [0.1, 0.15) is 11.6 Å². The van der Waals surface area contributed by atoms with Crippen LogP contribution in [0.5, 0.6) is 0 Å². The molecule has 0 aliphatic heterocycles. The van der Waals surface area contributed by atoms with Crippen LogP contribution in [0.25, 0.3) is 16.9 Å². The zero-order chi connectivity index (χ0) is 28.6. The van der Waals surface area contributed by atoms with Gasteiger partial charge >= 0.3 is 5.97 Å². The molecule has 8 nitrogen and oxygen atoms in total. The summed E-state index contributed by atoms with van der Waals surface area (Å²) in [7, 11) is 2.16. The Bertz CT molecular complexity index is 1540. The second-order valence-corrected chi connectivity index (χ2v) is 10.7. The molecule has 0 saturated carbocycles. The lowest BCUT2D eigenvalue weighted by molar-refractivity contribution is 0.0697. The molecule has 2 N–H and O–H groups in total. The van der Waals surface area contributed by atoms with Crippen LogP contribution in [0.4, 0.5) is 0 Å². The Morgan fingerprint density at radius 2 is 1.65 bits per heavy atom. The van der Waals surface area contributed by atoms with Crippen LogP contribution in [-0.2, 0) is 12.8 Å². The Hall–Kier alpha value is -4.22. The number of aryl methyl sites for hydroxylation is 1. The quantitative estimate of drug-likeness (QED) is 0.212. The fourth-order valence-electron chi connectivity index (χ4n) is 5.02. The molecule has 2 aromatic heterocycles. The molecule has 40 heavy (non-hydrogen) atoms. The number of hydrogen-bond acceptors (Lipinski definition) is 5. The largest absolute Gasteiger partial charge is 0.478 e. The predicted molar refractivity (Wildman–Crippen MR) is 157 cm³/mol. The summed E-state index contributed by atoms with van der Waals surface area (Å²) in [4.78, 5) is 29.8. The van der Waals surface area contributed by atoms with Crippen molar-refractivity contribution in [2.24, 2.45) is 0 Å². The normalized spacial score (nSPS) is 11.4. The average molecular weight is 540 g/mol. The third-order valence-corrected chi connectivity index (χ3v) is 7.38. The molecule has 0 amide bonds. The summed E-state index contributed by atoms with van der Waals surface area (Å²) in [5.74, 6) is -0.887. The van der Waals surface area contributed by atoms with Crippen molar-refractivity contribution in [1.29, 1.82) is 5.26 Å². The molecule has 0 aliphatic rings. The Morgan fingerprint density at radius 3 is 2.30 bits per heavy atom. The SMILES string of the molecule is CC(C)c1c(-c2ccc(CCN(C)CCCCCCc3ccc(C(=O)O)cc3)cc2)[nH]c2c(C#N)cnn2c1=O. The molecule has 0 radical (unpaired) electrons. The molecule has 0 saturated heterocycles. The molecular weight excluding hydrogens is 502 g/mol. The maximum atomic E-state index is 13.1. The highest BCUT2D eigenvalue weighted by Gasteiger charge is 2.19. The maximum absolute atomic E-state index is 13.1. The first-order valence-electron chi connectivity index (χ1n) is 13.9. The molecule has 2 aromatic carbocycles. The van der Waals surface area contributed by atoms with Gasteiger partial charge in [0.15, 0.2) is 5.65 Å². The molecule has 0 spiro atoms. The van der Waals surface area contributed by atoms with Crippen LogP contribution in [-0.4, -0.2) is 50.7 Å². The molecule has 0 fully saturated rings. The van der Waals surface area contributed by atoms with Crippen molar-refractivity contribution < 1.29 is 9.90 Å². The fraction of sp³-hybridized carbons (Fsp3) is 0.375. The van der Waals surface area contributed by atoms with E-state index in [1.807, 2.05) is 38.1 Å². The van der Waals surface area contributed by atoms with Crippen LogP contribution >= 0.6 is 0 Å². The number of H-pyrrole nitrogens is 1. The van der Waals surface area contributed by atoms with E-state index in [1.165, 1.54) is 28.3 Å². The summed E-state index contributed by atoms with van der Waals surface area (Å²) < 4.78 is 1.28. The van der Waals surface area contributed by atoms with Gasteiger partial charge in [-0.25, -0.2) is 4.79 Å². The van der Waals surface area contributed by atoms with Gasteiger partial charge in [-0.3, -0.25) is 4.79 Å². The lowest BCUT2D eigenvalue weighted by atomic mass is 9.97. The second-order valence-electron chi connectivity index (χ2n) is 10.7. The Morgan fingerprint density at radius 1 is 1.00 bits per heavy atom. The average Bonchev–Trinajstić information content (AvgIpc) is 3.37. The number of rotatable bonds is 13. The van der Waals surface area contributed by atoms with Gasteiger partial charge in [0.05, 0.1) is 17.5 Å². The molecule has 4 aromatic rings. The predicted octanol–water partition coefficient (Wildman–Crippen LogP) is 5.66. The zero-order valence-electron chi connectivity index (χ0n) is 23.5. The van der Waals surface area contributed by atoms with E-state index in [4.69, 9.17) is 5.11 Å². The number of unbranched alkanes of at least 4 members (excludes halogenated alkanes) is 3. The first kappa shape index (κ1) is 28.8. The van der Waals surface area contributed by atoms with E-state index in [9.17, 15) is 14.9 Å². The number of aromatic amines is 1. The van der Waals surface area contributed by atoms with E-state index in [0.29, 0.717) is 22.3 Å². The van der Waals surface area contributed by atoms with Gasteiger partial charge in [0.25, 0.3) is 5.56 Å². The van der Waals surface area contributed by atoms with E-state index in [2.05, 4.69) is 40.2 Å². The maximum Gasteiger partial charge on any atom is 0.335 e. The number of nitrogens with one attached hydrogen (secondary N) is 1. The number of likely N-dealkylation sites (N-methyl/N-ethyl adjacent to an activating group) is 1. The minimum atomic E-state index is -0.884. The Kier molecular flexibility index (Phi) is 9.52. The lowest BCUT2D eigenvalue weighted by Crippen LogP contribution is -2.23. The van der Waals surface area contributed by atoms with Gasteiger partial charge < -0.3 is 15.0 Å². The summed E-state index contributed by atoms with van der Waals surface area (Å²) in [6.07, 6.45) is 7.95. The number of carbonyl (C=O) groups is 1. The van der Waals surface area contributed by atoms with Crippen molar-refractivity contribution >= 4 is 11.6 Å². The van der Waals surface area contributed by atoms with Crippen LogP contribution in [0, 0.1) is 11.3 Å². The van der Waals surface area contributed by atoms with Crippen LogP contribution < -0.4 is 5.56 Å². The van der Waals surface area contributed by atoms with Gasteiger partial charge in [0.2, 0.25) is 0 Å². The molecule has 4 rings (SSSR count). The van der Waals surface area contributed by atoms with Crippen LogP contribution in [0.15, 0.2) is 59.5 Å². The summed E-state index contributed by atoms with van der Waals surface area (Å²) in [5, 5.41) is 22.5. The highest BCUT2D eigenvalue weighted by Crippen LogP contribution is 2.26. The number of aromatic carboxylic acids is 1. The summed E-state index contributed by atoms with van der Waals surface area (Å²) in [6.45, 7) is 5.99. The zero-order valence-corrected chi connectivity index (χ0v) is 23.5. The Balaban J connectivity index is 1.25. The van der Waals surface area contributed by atoms with Gasteiger partial charge in [-0.15, -0.1) is 0 Å². The standard InChI is InChI=1S/C32H37N5O3/c1-22(2)28-29(35-30-27(20-33)21-34-37(30)31(28)38)25-13-9-24(10-14-25)17-19-36(3)18-7-5-4-6-8-23-11-15-26(16-12-23)32(39)40/h9-16,21-22,35H,4-8,17-19H2,1-3H3,(H,39,40). The third-order valence-electron chi connectivity index (χ3n) is 7.38. The summed E-state index contributed by atoms with van der Waals surface area (Å²) in [5.41, 5.74) is 5.66. The van der Waals surface area contributed by atoms with Crippen molar-refractivity contribution in [2.75, 3.05) is 20.1 Å². The number of carboxylic acids is 1. The smallest absolute Gasteiger partial charge is 0.335 e. The van der Waals surface area contributed by atoms with E-state index >= 15 is 0 Å². The monoisotopic (exact) mass is 539 g/mol. The number of carboxylic acid groups (broad SMARTS) is 1. The van der Waals surface area contributed by atoms with E-state index in [1.54, 1.807) is 12.1 Å². The van der Waals surface area contributed by atoms with E-state index in [0.717, 1.165) is 56.5 Å². The van der Waals surface area contributed by atoms with Gasteiger partial charge in [-0.1, -0.05) is 63.1 Å². The minimum Gasteiger partial charge on any atom is -0.478 e. The highest BCUT2D eigenvalue weighted by atomic mass is 16.4. The van der Waals surface area contributed by atoms with E-state index < -0.39 is 5.97 Å². The molecule has 8 heteroatoms. The molecule has 0 aliphatic carbocycles. The minimum absolute atomic E-state index is 0.00317. The topological polar surface area (TPSA) is 114 Å². The number of hydrogen-bond donors (Lipinski definition) is 2. The van der Waals surface area contributed by atoms with Crippen LogP contribution in [0.2, 0.25) is 0 Å². The fourth-order valence-corrected chi connectivity index (χ4v) is 5.02. The van der Waals surface area contributed by atoms with Gasteiger partial charge in [-0.2, -0.15) is 14.9 Å². The number of aromatic nitrogens is 3. The molecule has 0 unspecified atom stereocenters. The number of fused-ring (bicyclic) bond motifs is 1. The lowest BCUT2D eigenvalue weighted by Gasteiger charge is -2.17. The third kappa shape index (κ3) is 6.85. The van der Waals surface area contributed by atoms with Crippen molar-refractivity contribution in [3.63, 3.8) is 0 Å². The van der Waals surface area contributed by atoms with Crippen molar-refractivity contribution in [3.05, 3.63) is 92.9 Å². The second kappa shape index (κ2) is 13.2. The molecule has 2 heterocycles. The van der Waals surface area contributed by atoms with Crippen molar-refractivity contribution in [1.82, 2.24) is 19.5 Å². The molecule has 0 atom stereocenters. The summed E-state index contributed by atoms with van der Waals surface area (Å²) in [6, 6.07) is 17.6. The number of nitriles is 1. The molecule has 0 bridgehead atoms. The van der Waals surface area contributed by atoms with Gasteiger partial charge in [0, 0.05) is 12.1 Å². The number of benzene rings is 2.